The molecule has 0 unspecified atom stereocenters. The average molecular weight is 254 g/mol. The first-order valence-corrected chi connectivity index (χ1v) is 5.13. The first-order chi connectivity index (χ1) is 8.63. The monoisotopic (exact) mass is 254 g/mol. The molecule has 98 valence electrons. The van der Waals surface area contributed by atoms with E-state index in [1.165, 1.54) is 19.5 Å². The minimum absolute atomic E-state index is 0.116. The molecule has 8 heteroatoms. The Hall–Kier alpha value is -2.22. The van der Waals surface area contributed by atoms with Crippen molar-refractivity contribution in [3.63, 3.8) is 0 Å². The zero-order chi connectivity index (χ0) is 13.4. The maximum absolute atomic E-state index is 11.1. The molecule has 0 aromatic carbocycles. The molecule has 0 aliphatic heterocycles. The maximum atomic E-state index is 11.1. The number of hydrogen-bond acceptors (Lipinski definition) is 7. The second kappa shape index (κ2) is 7.17. The van der Waals surface area contributed by atoms with Gasteiger partial charge in [0.05, 0.1) is 26.1 Å². The number of primary amides is 1. The third kappa shape index (κ3) is 4.74. The molecule has 0 atom stereocenters. The minimum atomic E-state index is -0.543. The molecular weight excluding hydrogens is 240 g/mol. The summed E-state index contributed by atoms with van der Waals surface area (Å²) in [5, 5.41) is 2.90. The van der Waals surface area contributed by atoms with Gasteiger partial charge >= 0.3 is 5.97 Å². The zero-order valence-corrected chi connectivity index (χ0v) is 9.88. The number of carbonyl (C=O) groups excluding carboxylic acids is 2. The van der Waals surface area contributed by atoms with Crippen LogP contribution < -0.4 is 11.1 Å². The molecule has 3 N–H and O–H groups in total. The predicted molar refractivity (Wildman–Crippen MR) is 61.9 cm³/mol. The van der Waals surface area contributed by atoms with Crippen molar-refractivity contribution in [2.45, 2.75) is 0 Å². The molecule has 1 amide bonds. The van der Waals surface area contributed by atoms with Gasteiger partial charge in [-0.25, -0.2) is 14.8 Å². The molecule has 1 rings (SSSR count). The molecule has 1 aromatic rings. The van der Waals surface area contributed by atoms with E-state index in [1.807, 2.05) is 0 Å². The molecule has 0 saturated carbocycles. The molecule has 0 aliphatic rings. The van der Waals surface area contributed by atoms with Crippen molar-refractivity contribution < 1.29 is 19.1 Å². The SMILES string of the molecule is COC(=O)c1cnc(NCCOCC(N)=O)cn1. The summed E-state index contributed by atoms with van der Waals surface area (Å²) in [5.74, 6) is -0.568. The molecule has 1 aromatic heterocycles. The lowest BCUT2D eigenvalue weighted by Gasteiger charge is -2.05. The number of hydrogen-bond donors (Lipinski definition) is 2. The number of esters is 1. The molecule has 1 heterocycles. The largest absolute Gasteiger partial charge is 0.464 e. The van der Waals surface area contributed by atoms with Gasteiger partial charge in [-0.05, 0) is 0 Å². The van der Waals surface area contributed by atoms with E-state index >= 15 is 0 Å². The third-order valence-corrected chi connectivity index (χ3v) is 1.84. The molecule has 0 spiro atoms. The summed E-state index contributed by atoms with van der Waals surface area (Å²) in [6.45, 7) is 0.636. The van der Waals surface area contributed by atoms with Gasteiger partial charge in [0.1, 0.15) is 12.4 Å². The fourth-order valence-corrected chi connectivity index (χ4v) is 1.05. The molecule has 0 aliphatic carbocycles. The van der Waals surface area contributed by atoms with Gasteiger partial charge < -0.3 is 20.5 Å². The zero-order valence-electron chi connectivity index (χ0n) is 9.88. The average Bonchev–Trinajstić information content (AvgIpc) is 2.38. The Kier molecular flexibility index (Phi) is 5.52. The molecule has 8 nitrogen and oxygen atoms in total. The number of ether oxygens (including phenoxy) is 2. The smallest absolute Gasteiger partial charge is 0.358 e. The normalized spacial score (nSPS) is 9.83. The van der Waals surface area contributed by atoms with Crippen LogP contribution in [0.15, 0.2) is 12.4 Å². The molecule has 18 heavy (non-hydrogen) atoms. The van der Waals surface area contributed by atoms with E-state index in [0.717, 1.165) is 0 Å². The van der Waals surface area contributed by atoms with E-state index in [1.54, 1.807) is 0 Å². The Bertz CT molecular complexity index is 407. The minimum Gasteiger partial charge on any atom is -0.464 e. The Morgan fingerprint density at radius 1 is 1.39 bits per heavy atom. The van der Waals surface area contributed by atoms with Crippen LogP contribution in [0.5, 0.6) is 0 Å². The number of methoxy groups -OCH3 is 1. The van der Waals surface area contributed by atoms with Crippen molar-refractivity contribution in [3.05, 3.63) is 18.1 Å². The Labute approximate surface area is 104 Å². The lowest BCUT2D eigenvalue weighted by Crippen LogP contribution is -2.20. The van der Waals surface area contributed by atoms with Crippen LogP contribution in [-0.2, 0) is 14.3 Å². The Balaban J connectivity index is 2.31. The van der Waals surface area contributed by atoms with Crippen LogP contribution in [0.25, 0.3) is 0 Å². The fraction of sp³-hybridized carbons (Fsp3) is 0.400. The molecule has 0 saturated heterocycles. The van der Waals surface area contributed by atoms with Crippen LogP contribution in [0.1, 0.15) is 10.5 Å². The van der Waals surface area contributed by atoms with Gasteiger partial charge in [0.25, 0.3) is 0 Å². The highest BCUT2D eigenvalue weighted by Gasteiger charge is 2.06. The van der Waals surface area contributed by atoms with Crippen molar-refractivity contribution in [2.24, 2.45) is 5.73 Å². The van der Waals surface area contributed by atoms with E-state index in [0.29, 0.717) is 19.0 Å². The number of nitrogens with one attached hydrogen (secondary N) is 1. The summed E-state index contributed by atoms with van der Waals surface area (Å²) in [6, 6.07) is 0. The summed E-state index contributed by atoms with van der Waals surface area (Å²) in [4.78, 5) is 29.3. The lowest BCUT2D eigenvalue weighted by molar-refractivity contribution is -0.122. The highest BCUT2D eigenvalue weighted by atomic mass is 16.5. The topological polar surface area (TPSA) is 116 Å². The van der Waals surface area contributed by atoms with Crippen molar-refractivity contribution >= 4 is 17.7 Å². The Morgan fingerprint density at radius 2 is 2.17 bits per heavy atom. The molecule has 0 radical (unpaired) electrons. The van der Waals surface area contributed by atoms with E-state index < -0.39 is 11.9 Å². The van der Waals surface area contributed by atoms with Gasteiger partial charge in [-0.15, -0.1) is 0 Å². The molecular formula is C10H14N4O4. The van der Waals surface area contributed by atoms with Gasteiger partial charge in [0.2, 0.25) is 5.91 Å². The number of anilines is 1. The van der Waals surface area contributed by atoms with Crippen molar-refractivity contribution in [2.75, 3.05) is 32.2 Å². The fourth-order valence-electron chi connectivity index (χ4n) is 1.05. The standard InChI is InChI=1S/C10H14N4O4/c1-17-10(16)7-4-14-9(5-13-7)12-2-3-18-6-8(11)15/h4-5H,2-3,6H2,1H3,(H2,11,15)(H,12,14). The second-order valence-corrected chi connectivity index (χ2v) is 3.22. The number of nitrogens with two attached hydrogens (primary N) is 1. The first-order valence-electron chi connectivity index (χ1n) is 5.13. The van der Waals surface area contributed by atoms with Crippen molar-refractivity contribution in [1.82, 2.24) is 9.97 Å². The summed E-state index contributed by atoms with van der Waals surface area (Å²) < 4.78 is 9.42. The number of carbonyl (C=O) groups is 2. The van der Waals surface area contributed by atoms with Crippen LogP contribution in [0.3, 0.4) is 0 Å². The number of nitrogens with zero attached hydrogens (tertiary/aromatic N) is 2. The Morgan fingerprint density at radius 3 is 2.72 bits per heavy atom. The summed E-state index contributed by atoms with van der Waals surface area (Å²) in [7, 11) is 1.27. The molecule has 0 fully saturated rings. The summed E-state index contributed by atoms with van der Waals surface area (Å²) in [5.41, 5.74) is 5.03. The number of aromatic nitrogens is 2. The van der Waals surface area contributed by atoms with Gasteiger partial charge in [-0.1, -0.05) is 0 Å². The van der Waals surface area contributed by atoms with Crippen LogP contribution in [0.4, 0.5) is 5.82 Å². The van der Waals surface area contributed by atoms with Crippen LogP contribution in [-0.4, -0.2) is 48.7 Å². The van der Waals surface area contributed by atoms with Crippen molar-refractivity contribution in [1.29, 1.82) is 0 Å². The first kappa shape index (κ1) is 13.8. The van der Waals surface area contributed by atoms with Gasteiger partial charge in [-0.2, -0.15) is 0 Å². The highest BCUT2D eigenvalue weighted by Crippen LogP contribution is 2.01. The van der Waals surface area contributed by atoms with Crippen molar-refractivity contribution in [3.8, 4) is 0 Å². The maximum Gasteiger partial charge on any atom is 0.358 e. The second-order valence-electron chi connectivity index (χ2n) is 3.22. The van der Waals surface area contributed by atoms with E-state index in [9.17, 15) is 9.59 Å². The van der Waals surface area contributed by atoms with E-state index in [2.05, 4.69) is 20.0 Å². The molecule has 0 bridgehead atoms. The van der Waals surface area contributed by atoms with E-state index in [4.69, 9.17) is 10.5 Å². The summed E-state index contributed by atoms with van der Waals surface area (Å²) >= 11 is 0. The third-order valence-electron chi connectivity index (χ3n) is 1.84. The quantitative estimate of drug-likeness (QED) is 0.482. The predicted octanol–water partition coefficient (Wildman–Crippen LogP) is -0.823. The van der Waals surface area contributed by atoms with Gasteiger partial charge in [-0.3, -0.25) is 4.79 Å². The number of amides is 1. The van der Waals surface area contributed by atoms with Crippen LogP contribution >= 0.6 is 0 Å². The van der Waals surface area contributed by atoms with Gasteiger partial charge in [0.15, 0.2) is 5.69 Å². The van der Waals surface area contributed by atoms with Crippen LogP contribution in [0.2, 0.25) is 0 Å². The highest BCUT2D eigenvalue weighted by molar-refractivity contribution is 5.86. The summed E-state index contributed by atoms with van der Waals surface area (Å²) in [6.07, 6.45) is 2.71. The van der Waals surface area contributed by atoms with E-state index in [-0.39, 0.29) is 12.3 Å². The van der Waals surface area contributed by atoms with Crippen LogP contribution in [0, 0.1) is 0 Å². The lowest BCUT2D eigenvalue weighted by atomic mass is 10.4. The van der Waals surface area contributed by atoms with Gasteiger partial charge in [0, 0.05) is 6.54 Å². The number of rotatable bonds is 7.